The number of allylic oxidation sites excluding steroid dienone is 1. The molecule has 1 aromatic heterocycles. The van der Waals surface area contributed by atoms with Crippen molar-refractivity contribution in [1.82, 2.24) is 9.97 Å². The lowest BCUT2D eigenvalue weighted by molar-refractivity contribution is 1.08. The van der Waals surface area contributed by atoms with Crippen LogP contribution in [0, 0.1) is 0 Å². The molecule has 1 aliphatic rings. The van der Waals surface area contributed by atoms with E-state index in [2.05, 4.69) is 28.2 Å². The predicted molar refractivity (Wildman–Crippen MR) is 52.3 cm³/mol. The molecular formula is C11H8N2. The summed E-state index contributed by atoms with van der Waals surface area (Å²) in [6.07, 6.45) is 6.85. The Balaban J connectivity index is 2.56. The molecule has 1 aromatic carbocycles. The molecule has 0 N–H and O–H groups in total. The molecule has 2 heteroatoms. The molecule has 0 aliphatic heterocycles. The second kappa shape index (κ2) is 2.39. The molecule has 2 aromatic rings. The van der Waals surface area contributed by atoms with Gasteiger partial charge in [0, 0.05) is 11.8 Å². The summed E-state index contributed by atoms with van der Waals surface area (Å²) >= 11 is 0. The third-order valence-corrected chi connectivity index (χ3v) is 2.38. The van der Waals surface area contributed by atoms with Crippen LogP contribution in [0.3, 0.4) is 0 Å². The fraction of sp³-hybridized carbons (Fsp3) is 0.0909. The van der Waals surface area contributed by atoms with Crippen LogP contribution in [0.5, 0.6) is 0 Å². The van der Waals surface area contributed by atoms with E-state index in [9.17, 15) is 0 Å². The first-order chi connectivity index (χ1) is 6.45. The summed E-state index contributed by atoms with van der Waals surface area (Å²) in [7, 11) is 0. The van der Waals surface area contributed by atoms with Crippen LogP contribution in [0.15, 0.2) is 30.6 Å². The summed E-state index contributed by atoms with van der Waals surface area (Å²) in [5, 5.41) is 1.22. The summed E-state index contributed by atoms with van der Waals surface area (Å²) in [6.45, 7) is 0. The van der Waals surface area contributed by atoms with Crippen molar-refractivity contribution < 1.29 is 0 Å². The molecule has 1 aliphatic carbocycles. The summed E-state index contributed by atoms with van der Waals surface area (Å²) in [5.74, 6) is 0. The molecule has 0 fully saturated rings. The maximum Gasteiger partial charge on any atom is 0.116 e. The first-order valence-electron chi connectivity index (χ1n) is 4.34. The van der Waals surface area contributed by atoms with E-state index in [1.54, 1.807) is 6.33 Å². The molecule has 0 bridgehead atoms. The molecule has 0 unspecified atom stereocenters. The van der Waals surface area contributed by atoms with Gasteiger partial charge >= 0.3 is 0 Å². The Morgan fingerprint density at radius 2 is 2.15 bits per heavy atom. The van der Waals surface area contributed by atoms with Crippen molar-refractivity contribution in [1.29, 1.82) is 0 Å². The van der Waals surface area contributed by atoms with Crippen molar-refractivity contribution in [3.05, 3.63) is 41.9 Å². The van der Waals surface area contributed by atoms with Crippen molar-refractivity contribution in [3.8, 4) is 0 Å². The standard InChI is InChI=1S/C11H8N2/c1-3-8-4-2-6-10-11(8)9(5-1)12-7-13-10/h1-5,7H,6H2. The Hall–Kier alpha value is -1.70. The minimum Gasteiger partial charge on any atom is -0.240 e. The molecule has 0 amide bonds. The van der Waals surface area contributed by atoms with Crippen LogP contribution >= 0.6 is 0 Å². The van der Waals surface area contributed by atoms with Crippen LogP contribution in [0.2, 0.25) is 0 Å². The van der Waals surface area contributed by atoms with Gasteiger partial charge < -0.3 is 0 Å². The fourth-order valence-electron chi connectivity index (χ4n) is 1.80. The Morgan fingerprint density at radius 1 is 1.15 bits per heavy atom. The predicted octanol–water partition coefficient (Wildman–Crippen LogP) is 2.20. The zero-order valence-corrected chi connectivity index (χ0v) is 7.07. The number of hydrogen-bond acceptors (Lipinski definition) is 2. The van der Waals surface area contributed by atoms with Crippen LogP contribution in [-0.2, 0) is 6.42 Å². The van der Waals surface area contributed by atoms with Crippen molar-refractivity contribution >= 4 is 17.0 Å². The molecule has 0 radical (unpaired) electrons. The highest BCUT2D eigenvalue weighted by atomic mass is 14.8. The number of rotatable bonds is 0. The molecule has 62 valence electrons. The number of benzene rings is 1. The highest BCUT2D eigenvalue weighted by Gasteiger charge is 2.08. The van der Waals surface area contributed by atoms with Crippen molar-refractivity contribution in [2.24, 2.45) is 0 Å². The lowest BCUT2D eigenvalue weighted by Gasteiger charge is -2.09. The van der Waals surface area contributed by atoms with Crippen LogP contribution in [-0.4, -0.2) is 9.97 Å². The number of nitrogens with zero attached hydrogens (tertiary/aromatic N) is 2. The van der Waals surface area contributed by atoms with Gasteiger partial charge in [0.05, 0.1) is 11.2 Å². The molecule has 0 spiro atoms. The molecule has 0 saturated heterocycles. The third-order valence-electron chi connectivity index (χ3n) is 2.38. The lowest BCUT2D eigenvalue weighted by Crippen LogP contribution is -1.97. The number of hydrogen-bond donors (Lipinski definition) is 0. The van der Waals surface area contributed by atoms with Gasteiger partial charge in [-0.25, -0.2) is 9.97 Å². The minimum atomic E-state index is 0.927. The van der Waals surface area contributed by atoms with E-state index in [1.807, 2.05) is 12.1 Å². The van der Waals surface area contributed by atoms with Crippen LogP contribution in [0.4, 0.5) is 0 Å². The SMILES string of the molecule is C1=Cc2cccc3ncnc(c23)C1. The Kier molecular flexibility index (Phi) is 1.25. The van der Waals surface area contributed by atoms with E-state index in [0.29, 0.717) is 0 Å². The summed E-state index contributed by atoms with van der Waals surface area (Å²) in [4.78, 5) is 8.51. The summed E-state index contributed by atoms with van der Waals surface area (Å²) < 4.78 is 0. The quantitative estimate of drug-likeness (QED) is 0.602. The molecule has 2 nitrogen and oxygen atoms in total. The highest BCUT2D eigenvalue weighted by molar-refractivity contribution is 5.91. The normalized spacial score (nSPS) is 13.5. The summed E-state index contributed by atoms with van der Waals surface area (Å²) in [6, 6.07) is 6.16. The third kappa shape index (κ3) is 0.886. The van der Waals surface area contributed by atoms with E-state index in [4.69, 9.17) is 0 Å². The van der Waals surface area contributed by atoms with Gasteiger partial charge in [-0.1, -0.05) is 24.3 Å². The van der Waals surface area contributed by atoms with Gasteiger partial charge in [-0.3, -0.25) is 0 Å². The number of aromatic nitrogens is 2. The zero-order valence-electron chi connectivity index (χ0n) is 7.07. The maximum absolute atomic E-state index is 4.28. The van der Waals surface area contributed by atoms with Gasteiger partial charge in [0.2, 0.25) is 0 Å². The maximum atomic E-state index is 4.28. The smallest absolute Gasteiger partial charge is 0.116 e. The van der Waals surface area contributed by atoms with Crippen LogP contribution < -0.4 is 0 Å². The van der Waals surface area contributed by atoms with Gasteiger partial charge in [0.15, 0.2) is 0 Å². The van der Waals surface area contributed by atoms with E-state index in [-0.39, 0.29) is 0 Å². The molecular weight excluding hydrogens is 160 g/mol. The topological polar surface area (TPSA) is 25.8 Å². The monoisotopic (exact) mass is 168 g/mol. The first-order valence-corrected chi connectivity index (χ1v) is 4.34. The van der Waals surface area contributed by atoms with Gasteiger partial charge in [0.1, 0.15) is 6.33 Å². The van der Waals surface area contributed by atoms with E-state index < -0.39 is 0 Å². The Bertz CT molecular complexity index is 495. The second-order valence-corrected chi connectivity index (χ2v) is 3.17. The molecule has 13 heavy (non-hydrogen) atoms. The molecule has 1 heterocycles. The van der Waals surface area contributed by atoms with Gasteiger partial charge in [-0.05, 0) is 11.6 Å². The largest absolute Gasteiger partial charge is 0.240 e. The van der Waals surface area contributed by atoms with Crippen molar-refractivity contribution in [2.75, 3.05) is 0 Å². The van der Waals surface area contributed by atoms with Crippen molar-refractivity contribution in [3.63, 3.8) is 0 Å². The fourth-order valence-corrected chi connectivity index (χ4v) is 1.80. The van der Waals surface area contributed by atoms with Gasteiger partial charge in [-0.15, -0.1) is 0 Å². The van der Waals surface area contributed by atoms with Gasteiger partial charge in [0.25, 0.3) is 0 Å². The van der Waals surface area contributed by atoms with Crippen molar-refractivity contribution in [2.45, 2.75) is 6.42 Å². The molecule has 3 rings (SSSR count). The van der Waals surface area contributed by atoms with Crippen LogP contribution in [0.1, 0.15) is 11.3 Å². The Labute approximate surface area is 76.0 Å². The average Bonchev–Trinajstić information content (AvgIpc) is 2.19. The van der Waals surface area contributed by atoms with E-state index >= 15 is 0 Å². The van der Waals surface area contributed by atoms with Crippen LogP contribution in [0.25, 0.3) is 17.0 Å². The average molecular weight is 168 g/mol. The molecule has 0 saturated carbocycles. The van der Waals surface area contributed by atoms with E-state index in [0.717, 1.165) is 17.6 Å². The van der Waals surface area contributed by atoms with E-state index in [1.165, 1.54) is 10.9 Å². The summed E-state index contributed by atoms with van der Waals surface area (Å²) in [5.41, 5.74) is 3.43. The van der Waals surface area contributed by atoms with Gasteiger partial charge in [-0.2, -0.15) is 0 Å². The first kappa shape index (κ1) is 6.78. The highest BCUT2D eigenvalue weighted by Crippen LogP contribution is 2.24. The second-order valence-electron chi connectivity index (χ2n) is 3.17. The Morgan fingerprint density at radius 3 is 3.15 bits per heavy atom. The molecule has 0 atom stereocenters. The zero-order chi connectivity index (χ0) is 8.67. The minimum absolute atomic E-state index is 0.927. The lowest BCUT2D eigenvalue weighted by atomic mass is 10.00.